The normalized spacial score (nSPS) is 18.8. The lowest BCUT2D eigenvalue weighted by Crippen LogP contribution is -2.39. The predicted octanol–water partition coefficient (Wildman–Crippen LogP) is 2.68. The van der Waals surface area contributed by atoms with Crippen LogP contribution in [0.5, 0.6) is 0 Å². The monoisotopic (exact) mass is 212 g/mol. The molecule has 1 fully saturated rings. The number of nitrogens with one attached hydrogen (secondary N) is 1. The van der Waals surface area contributed by atoms with Crippen LogP contribution in [0.2, 0.25) is 0 Å². The van der Waals surface area contributed by atoms with E-state index < -0.39 is 0 Å². The topological polar surface area (TPSA) is 38.0 Å². The van der Waals surface area contributed by atoms with Gasteiger partial charge in [0.05, 0.1) is 0 Å². The second-order valence-corrected chi connectivity index (χ2v) is 5.09. The summed E-state index contributed by atoms with van der Waals surface area (Å²) in [5, 5.41) is 3.62. The summed E-state index contributed by atoms with van der Waals surface area (Å²) in [6.07, 6.45) is 10.9. The number of hydrogen-bond acceptors (Lipinski definition) is 2. The van der Waals surface area contributed by atoms with Gasteiger partial charge in [-0.15, -0.1) is 0 Å². The fourth-order valence-corrected chi connectivity index (χ4v) is 2.43. The van der Waals surface area contributed by atoms with E-state index in [1.165, 1.54) is 64.5 Å². The van der Waals surface area contributed by atoms with E-state index in [4.69, 9.17) is 5.73 Å². The largest absolute Gasteiger partial charge is 0.330 e. The van der Waals surface area contributed by atoms with Crippen LogP contribution in [0.3, 0.4) is 0 Å². The van der Waals surface area contributed by atoms with E-state index in [2.05, 4.69) is 12.2 Å². The highest BCUT2D eigenvalue weighted by molar-refractivity contribution is 4.88. The molecular weight excluding hydrogens is 184 g/mol. The molecule has 0 spiro atoms. The standard InChI is InChI=1S/C13H28N2/c1-2-13(8-7-9-13)12-15-11-6-4-3-5-10-14/h15H,2-12,14H2,1H3. The molecule has 0 aliphatic heterocycles. The van der Waals surface area contributed by atoms with Crippen molar-refractivity contribution in [2.45, 2.75) is 58.3 Å². The van der Waals surface area contributed by atoms with Gasteiger partial charge in [-0.05, 0) is 50.6 Å². The Labute approximate surface area is 95.0 Å². The molecule has 2 nitrogen and oxygen atoms in total. The first kappa shape index (κ1) is 13.0. The maximum Gasteiger partial charge on any atom is 0.000770 e. The average molecular weight is 212 g/mol. The molecule has 15 heavy (non-hydrogen) atoms. The minimum Gasteiger partial charge on any atom is -0.330 e. The summed E-state index contributed by atoms with van der Waals surface area (Å²) in [4.78, 5) is 0. The molecule has 0 aromatic rings. The van der Waals surface area contributed by atoms with Crippen LogP contribution >= 0.6 is 0 Å². The molecule has 90 valence electrons. The summed E-state index contributed by atoms with van der Waals surface area (Å²) in [6.45, 7) is 5.64. The number of nitrogens with two attached hydrogens (primary N) is 1. The van der Waals surface area contributed by atoms with Crippen LogP contribution in [-0.2, 0) is 0 Å². The minimum atomic E-state index is 0.678. The zero-order valence-corrected chi connectivity index (χ0v) is 10.4. The van der Waals surface area contributed by atoms with Gasteiger partial charge in [0.15, 0.2) is 0 Å². The maximum atomic E-state index is 5.45. The molecule has 1 rings (SSSR count). The maximum absolute atomic E-state index is 5.45. The molecule has 0 heterocycles. The van der Waals surface area contributed by atoms with E-state index >= 15 is 0 Å². The predicted molar refractivity (Wildman–Crippen MR) is 67.0 cm³/mol. The van der Waals surface area contributed by atoms with Crippen molar-refractivity contribution in [3.8, 4) is 0 Å². The van der Waals surface area contributed by atoms with E-state index in [9.17, 15) is 0 Å². The highest BCUT2D eigenvalue weighted by Crippen LogP contribution is 2.42. The van der Waals surface area contributed by atoms with Crippen molar-refractivity contribution in [1.29, 1.82) is 0 Å². The first-order chi connectivity index (χ1) is 7.33. The number of rotatable bonds is 9. The second-order valence-electron chi connectivity index (χ2n) is 5.09. The van der Waals surface area contributed by atoms with Crippen molar-refractivity contribution < 1.29 is 0 Å². The Morgan fingerprint density at radius 1 is 1.13 bits per heavy atom. The highest BCUT2D eigenvalue weighted by atomic mass is 14.9. The van der Waals surface area contributed by atoms with Gasteiger partial charge in [0.2, 0.25) is 0 Å². The summed E-state index contributed by atoms with van der Waals surface area (Å²) in [5.41, 5.74) is 6.13. The van der Waals surface area contributed by atoms with Crippen molar-refractivity contribution in [2.24, 2.45) is 11.1 Å². The molecule has 0 atom stereocenters. The van der Waals surface area contributed by atoms with Gasteiger partial charge in [0, 0.05) is 6.54 Å². The average Bonchev–Trinajstić information content (AvgIpc) is 2.20. The van der Waals surface area contributed by atoms with Crippen molar-refractivity contribution >= 4 is 0 Å². The SMILES string of the molecule is CCC1(CNCCCCCCN)CCC1. The first-order valence-electron chi connectivity index (χ1n) is 6.74. The van der Waals surface area contributed by atoms with Crippen molar-refractivity contribution in [3.63, 3.8) is 0 Å². The quantitative estimate of drug-likeness (QED) is 0.577. The lowest BCUT2D eigenvalue weighted by atomic mass is 9.67. The molecular formula is C13H28N2. The zero-order chi connectivity index (χ0) is 11.0. The van der Waals surface area contributed by atoms with Crippen molar-refractivity contribution in [3.05, 3.63) is 0 Å². The van der Waals surface area contributed by atoms with E-state index in [1.807, 2.05) is 0 Å². The molecule has 1 saturated carbocycles. The van der Waals surface area contributed by atoms with Crippen LogP contribution in [0.15, 0.2) is 0 Å². The smallest absolute Gasteiger partial charge is 0.000770 e. The van der Waals surface area contributed by atoms with Crippen LogP contribution in [0.25, 0.3) is 0 Å². The van der Waals surface area contributed by atoms with Gasteiger partial charge in [-0.2, -0.15) is 0 Å². The summed E-state index contributed by atoms with van der Waals surface area (Å²) in [6, 6.07) is 0. The Balaban J connectivity index is 1.88. The molecule has 0 saturated heterocycles. The van der Waals surface area contributed by atoms with Gasteiger partial charge in [-0.25, -0.2) is 0 Å². The summed E-state index contributed by atoms with van der Waals surface area (Å²) < 4.78 is 0. The summed E-state index contributed by atoms with van der Waals surface area (Å²) in [7, 11) is 0. The molecule has 3 N–H and O–H groups in total. The van der Waals surface area contributed by atoms with Crippen LogP contribution in [0.4, 0.5) is 0 Å². The van der Waals surface area contributed by atoms with Crippen molar-refractivity contribution in [1.82, 2.24) is 5.32 Å². The Hall–Kier alpha value is -0.0800. The summed E-state index contributed by atoms with van der Waals surface area (Å²) >= 11 is 0. The lowest BCUT2D eigenvalue weighted by molar-refractivity contribution is 0.124. The van der Waals surface area contributed by atoms with E-state index in [0.29, 0.717) is 5.41 Å². The van der Waals surface area contributed by atoms with Gasteiger partial charge < -0.3 is 11.1 Å². The van der Waals surface area contributed by atoms with E-state index in [0.717, 1.165) is 6.54 Å². The molecule has 1 aliphatic carbocycles. The molecule has 0 radical (unpaired) electrons. The third-order valence-corrected chi connectivity index (χ3v) is 3.97. The van der Waals surface area contributed by atoms with E-state index in [-0.39, 0.29) is 0 Å². The lowest BCUT2D eigenvalue weighted by Gasteiger charge is -2.41. The molecule has 1 aliphatic rings. The van der Waals surface area contributed by atoms with Gasteiger partial charge in [-0.1, -0.05) is 26.2 Å². The van der Waals surface area contributed by atoms with Crippen LogP contribution in [0.1, 0.15) is 58.3 Å². The number of hydrogen-bond donors (Lipinski definition) is 2. The molecule has 0 aromatic heterocycles. The molecule has 0 unspecified atom stereocenters. The third-order valence-electron chi connectivity index (χ3n) is 3.97. The van der Waals surface area contributed by atoms with Gasteiger partial charge in [0.25, 0.3) is 0 Å². The van der Waals surface area contributed by atoms with Gasteiger partial charge in [0.1, 0.15) is 0 Å². The molecule has 2 heteroatoms. The Morgan fingerprint density at radius 3 is 2.40 bits per heavy atom. The molecule has 0 amide bonds. The van der Waals surface area contributed by atoms with Crippen LogP contribution < -0.4 is 11.1 Å². The fraction of sp³-hybridized carbons (Fsp3) is 1.00. The minimum absolute atomic E-state index is 0.678. The molecule has 0 bridgehead atoms. The summed E-state index contributed by atoms with van der Waals surface area (Å²) in [5.74, 6) is 0. The van der Waals surface area contributed by atoms with Crippen LogP contribution in [-0.4, -0.2) is 19.6 Å². The highest BCUT2D eigenvalue weighted by Gasteiger charge is 2.34. The fourth-order valence-electron chi connectivity index (χ4n) is 2.43. The zero-order valence-electron chi connectivity index (χ0n) is 10.4. The van der Waals surface area contributed by atoms with Crippen molar-refractivity contribution in [2.75, 3.05) is 19.6 Å². The number of unbranched alkanes of at least 4 members (excludes halogenated alkanes) is 3. The Kier molecular flexibility index (Phi) is 6.26. The third kappa shape index (κ3) is 4.52. The Morgan fingerprint density at radius 2 is 1.87 bits per heavy atom. The molecule has 0 aromatic carbocycles. The van der Waals surface area contributed by atoms with Gasteiger partial charge in [-0.3, -0.25) is 0 Å². The second kappa shape index (κ2) is 7.24. The van der Waals surface area contributed by atoms with Gasteiger partial charge >= 0.3 is 0 Å². The van der Waals surface area contributed by atoms with E-state index in [1.54, 1.807) is 0 Å². The first-order valence-corrected chi connectivity index (χ1v) is 6.74. The van der Waals surface area contributed by atoms with Crippen LogP contribution in [0, 0.1) is 5.41 Å². The Bertz CT molecular complexity index is 147.